The van der Waals surface area contributed by atoms with Gasteiger partial charge in [-0.25, -0.2) is 0 Å². The summed E-state index contributed by atoms with van der Waals surface area (Å²) >= 11 is 0. The Balaban J connectivity index is 2.01. The summed E-state index contributed by atoms with van der Waals surface area (Å²) in [7, 11) is 0. The van der Waals surface area contributed by atoms with E-state index in [9.17, 15) is 0 Å². The third kappa shape index (κ3) is 2.06. The number of hydrogen-bond acceptors (Lipinski definition) is 0. The van der Waals surface area contributed by atoms with Crippen molar-refractivity contribution in [2.75, 3.05) is 0 Å². The molecule has 1 aromatic rings. The average molecular weight is 186 g/mol. The second kappa shape index (κ2) is 4.45. The van der Waals surface area contributed by atoms with Crippen molar-refractivity contribution in [1.82, 2.24) is 0 Å². The van der Waals surface area contributed by atoms with Gasteiger partial charge in [0.1, 0.15) is 0 Å². The third-order valence-corrected chi connectivity index (χ3v) is 2.91. The van der Waals surface area contributed by atoms with Crippen LogP contribution in [0.1, 0.15) is 42.9 Å². The average Bonchev–Trinajstić information content (AvgIpc) is 2.65. The van der Waals surface area contributed by atoms with Crippen molar-refractivity contribution in [1.29, 1.82) is 0 Å². The van der Waals surface area contributed by atoms with Gasteiger partial charge in [-0.1, -0.05) is 50.1 Å². The lowest BCUT2D eigenvalue weighted by Gasteiger charge is -2.04. The Morgan fingerprint density at radius 1 is 1.21 bits per heavy atom. The summed E-state index contributed by atoms with van der Waals surface area (Å²) < 4.78 is 0. The molecule has 0 N–H and O–H groups in total. The minimum absolute atomic E-state index is 1.13. The number of aryl methyl sites for hydroxylation is 1. The van der Waals surface area contributed by atoms with Gasteiger partial charge in [0.15, 0.2) is 0 Å². The van der Waals surface area contributed by atoms with Crippen molar-refractivity contribution < 1.29 is 0 Å². The van der Waals surface area contributed by atoms with E-state index in [0.29, 0.717) is 0 Å². The molecule has 0 aromatic heterocycles. The van der Waals surface area contributed by atoms with Crippen molar-refractivity contribution in [3.05, 3.63) is 41.0 Å². The van der Waals surface area contributed by atoms with Crippen LogP contribution >= 0.6 is 0 Å². The van der Waals surface area contributed by atoms with Crippen LogP contribution in [0.25, 0.3) is 6.08 Å². The van der Waals surface area contributed by atoms with E-state index in [1.165, 1.54) is 42.4 Å². The molecule has 0 heteroatoms. The zero-order valence-corrected chi connectivity index (χ0v) is 8.92. The first kappa shape index (κ1) is 9.51. The fourth-order valence-electron chi connectivity index (χ4n) is 2.03. The molecule has 0 unspecified atom stereocenters. The van der Waals surface area contributed by atoms with E-state index in [2.05, 4.69) is 37.3 Å². The monoisotopic (exact) mass is 186 g/mol. The fourth-order valence-corrected chi connectivity index (χ4v) is 2.03. The molecule has 74 valence electrons. The quantitative estimate of drug-likeness (QED) is 0.624. The molecular weight excluding hydrogens is 168 g/mol. The molecule has 0 saturated carbocycles. The number of unbranched alkanes of at least 4 members (excludes halogenated alkanes) is 2. The van der Waals surface area contributed by atoms with Gasteiger partial charge in [-0.15, -0.1) is 0 Å². The van der Waals surface area contributed by atoms with E-state index < -0.39 is 0 Å². The molecule has 1 aliphatic rings. The van der Waals surface area contributed by atoms with Gasteiger partial charge in [0.25, 0.3) is 0 Å². The van der Waals surface area contributed by atoms with Gasteiger partial charge >= 0.3 is 0 Å². The molecule has 0 bridgehead atoms. The van der Waals surface area contributed by atoms with Gasteiger partial charge in [0, 0.05) is 0 Å². The highest BCUT2D eigenvalue weighted by Gasteiger charge is 2.04. The van der Waals surface area contributed by atoms with Gasteiger partial charge in [0.05, 0.1) is 0 Å². The van der Waals surface area contributed by atoms with Crippen LogP contribution in [0.4, 0.5) is 0 Å². The normalized spacial score (nSPS) is 13.2. The summed E-state index contributed by atoms with van der Waals surface area (Å²) in [5, 5.41) is 0. The summed E-state index contributed by atoms with van der Waals surface area (Å²) in [6.07, 6.45) is 10.9. The predicted molar refractivity (Wildman–Crippen MR) is 62.4 cm³/mol. The van der Waals surface area contributed by atoms with Crippen LogP contribution in [0.15, 0.2) is 24.3 Å². The zero-order chi connectivity index (χ0) is 9.80. The SMILES string of the molecule is CCCCCc1ccc2c(c1)C=CC2. The maximum Gasteiger partial charge on any atom is -0.00882 e. The minimum Gasteiger partial charge on any atom is -0.0795 e. The molecule has 14 heavy (non-hydrogen) atoms. The van der Waals surface area contributed by atoms with E-state index in [-0.39, 0.29) is 0 Å². The van der Waals surface area contributed by atoms with Crippen molar-refractivity contribution in [3.63, 3.8) is 0 Å². The number of hydrogen-bond donors (Lipinski definition) is 0. The molecule has 0 amide bonds. The second-order valence-corrected chi connectivity index (χ2v) is 4.10. The number of benzene rings is 1. The van der Waals surface area contributed by atoms with Crippen LogP contribution < -0.4 is 0 Å². The molecular formula is C14H18. The summed E-state index contributed by atoms with van der Waals surface area (Å²) in [6, 6.07) is 6.94. The lowest BCUT2D eigenvalue weighted by Crippen LogP contribution is -1.88. The highest BCUT2D eigenvalue weighted by atomic mass is 14.1. The molecule has 0 heterocycles. The molecule has 0 spiro atoms. The number of allylic oxidation sites excluding steroid dienone is 1. The van der Waals surface area contributed by atoms with Crippen molar-refractivity contribution in [2.24, 2.45) is 0 Å². The van der Waals surface area contributed by atoms with E-state index in [4.69, 9.17) is 0 Å². The first-order valence-electron chi connectivity index (χ1n) is 5.68. The molecule has 0 nitrogen and oxygen atoms in total. The van der Waals surface area contributed by atoms with Gasteiger partial charge < -0.3 is 0 Å². The van der Waals surface area contributed by atoms with Gasteiger partial charge in [-0.3, -0.25) is 0 Å². The van der Waals surface area contributed by atoms with Crippen LogP contribution in [0, 0.1) is 0 Å². The zero-order valence-electron chi connectivity index (χ0n) is 8.92. The van der Waals surface area contributed by atoms with Crippen molar-refractivity contribution in [3.8, 4) is 0 Å². The maximum atomic E-state index is 2.36. The predicted octanol–water partition coefficient (Wildman–Crippen LogP) is 3.99. The molecule has 2 rings (SSSR count). The van der Waals surface area contributed by atoms with Crippen molar-refractivity contribution in [2.45, 2.75) is 39.0 Å². The minimum atomic E-state index is 1.13. The lowest BCUT2D eigenvalue weighted by atomic mass is 10.0. The van der Waals surface area contributed by atoms with Crippen molar-refractivity contribution >= 4 is 6.08 Å². The molecule has 0 aliphatic heterocycles. The summed E-state index contributed by atoms with van der Waals surface area (Å²) in [4.78, 5) is 0. The number of rotatable bonds is 4. The Hall–Kier alpha value is -1.04. The van der Waals surface area contributed by atoms with Crippen LogP contribution in [0.2, 0.25) is 0 Å². The fraction of sp³-hybridized carbons (Fsp3) is 0.429. The molecule has 1 aromatic carbocycles. The summed E-state index contributed by atoms with van der Waals surface area (Å²) in [5.41, 5.74) is 4.44. The van der Waals surface area contributed by atoms with Crippen LogP contribution in [-0.2, 0) is 12.8 Å². The highest BCUT2D eigenvalue weighted by molar-refractivity contribution is 5.60. The Morgan fingerprint density at radius 2 is 2.14 bits per heavy atom. The van der Waals surface area contributed by atoms with Crippen LogP contribution in [0.3, 0.4) is 0 Å². The largest absolute Gasteiger partial charge is 0.0795 e. The Labute approximate surface area is 86.7 Å². The standard InChI is InChI=1S/C14H18/c1-2-3-4-6-12-9-10-13-7-5-8-14(13)11-12/h5,8-11H,2-4,6-7H2,1H3. The van der Waals surface area contributed by atoms with E-state index in [1.807, 2.05) is 0 Å². The first-order valence-corrected chi connectivity index (χ1v) is 5.68. The number of fused-ring (bicyclic) bond motifs is 1. The Bertz CT molecular complexity index is 334. The Morgan fingerprint density at radius 3 is 3.00 bits per heavy atom. The Kier molecular flexibility index (Phi) is 3.03. The summed E-state index contributed by atoms with van der Waals surface area (Å²) in [6.45, 7) is 2.26. The summed E-state index contributed by atoms with van der Waals surface area (Å²) in [5.74, 6) is 0. The van der Waals surface area contributed by atoms with Gasteiger partial charge in [-0.05, 0) is 36.0 Å². The van der Waals surface area contributed by atoms with Gasteiger partial charge in [-0.2, -0.15) is 0 Å². The smallest absolute Gasteiger partial charge is 0.00882 e. The maximum absolute atomic E-state index is 2.36. The van der Waals surface area contributed by atoms with Crippen LogP contribution in [-0.4, -0.2) is 0 Å². The highest BCUT2D eigenvalue weighted by Crippen LogP contribution is 2.21. The third-order valence-electron chi connectivity index (χ3n) is 2.91. The van der Waals surface area contributed by atoms with Crippen LogP contribution in [0.5, 0.6) is 0 Å². The topological polar surface area (TPSA) is 0 Å². The van der Waals surface area contributed by atoms with E-state index in [1.54, 1.807) is 0 Å². The first-order chi connectivity index (χ1) is 6.90. The van der Waals surface area contributed by atoms with E-state index >= 15 is 0 Å². The molecule has 0 atom stereocenters. The van der Waals surface area contributed by atoms with Gasteiger partial charge in [0.2, 0.25) is 0 Å². The van der Waals surface area contributed by atoms with E-state index in [0.717, 1.165) is 6.42 Å². The lowest BCUT2D eigenvalue weighted by molar-refractivity contribution is 0.717. The molecule has 0 radical (unpaired) electrons. The second-order valence-electron chi connectivity index (χ2n) is 4.10. The molecule has 1 aliphatic carbocycles. The molecule has 0 fully saturated rings. The molecule has 0 saturated heterocycles.